The molecule has 1 unspecified atom stereocenters. The van der Waals surface area contributed by atoms with E-state index < -0.39 is 0 Å². The fourth-order valence-electron chi connectivity index (χ4n) is 4.64. The predicted octanol–water partition coefficient (Wildman–Crippen LogP) is 8.79. The van der Waals surface area contributed by atoms with Gasteiger partial charge in [0.05, 0.1) is 5.56 Å². The maximum atomic E-state index is 12.6. The van der Waals surface area contributed by atoms with Crippen molar-refractivity contribution < 1.29 is 9.53 Å². The number of esters is 1. The van der Waals surface area contributed by atoms with Crippen LogP contribution >= 0.6 is 0 Å². The van der Waals surface area contributed by atoms with Gasteiger partial charge in [-0.2, -0.15) is 0 Å². The SMILES string of the molecule is CCCCCCCCc1ccc(OC(=O)c2ccc(C3=CCC(CCC)CC3)cc2)cc1. The van der Waals surface area contributed by atoms with Gasteiger partial charge in [-0.25, -0.2) is 4.79 Å². The van der Waals surface area contributed by atoms with E-state index in [1.165, 1.54) is 80.9 Å². The highest BCUT2D eigenvalue weighted by atomic mass is 16.5. The zero-order valence-electron chi connectivity index (χ0n) is 20.1. The van der Waals surface area contributed by atoms with Crippen molar-refractivity contribution in [3.8, 4) is 5.75 Å². The Morgan fingerprint density at radius 3 is 2.25 bits per heavy atom. The zero-order valence-corrected chi connectivity index (χ0v) is 20.1. The van der Waals surface area contributed by atoms with E-state index in [1.54, 1.807) is 0 Å². The van der Waals surface area contributed by atoms with Crippen molar-refractivity contribution in [2.24, 2.45) is 5.92 Å². The number of carbonyl (C=O) groups excluding carboxylic acids is 1. The summed E-state index contributed by atoms with van der Waals surface area (Å²) in [6.07, 6.45) is 17.5. The monoisotopic (exact) mass is 432 g/mol. The van der Waals surface area contributed by atoms with E-state index in [9.17, 15) is 4.79 Å². The number of carbonyl (C=O) groups is 1. The molecule has 2 heteroatoms. The maximum absolute atomic E-state index is 12.6. The van der Waals surface area contributed by atoms with Gasteiger partial charge in [-0.15, -0.1) is 0 Å². The summed E-state index contributed by atoms with van der Waals surface area (Å²) in [4.78, 5) is 12.6. The molecule has 2 nitrogen and oxygen atoms in total. The largest absolute Gasteiger partial charge is 0.423 e. The molecule has 3 rings (SSSR count). The van der Waals surface area contributed by atoms with E-state index >= 15 is 0 Å². The molecule has 0 saturated heterocycles. The van der Waals surface area contributed by atoms with Crippen molar-refractivity contribution >= 4 is 11.5 Å². The molecule has 1 aliphatic carbocycles. The second-order valence-electron chi connectivity index (χ2n) is 9.29. The van der Waals surface area contributed by atoms with Gasteiger partial charge >= 0.3 is 5.97 Å². The van der Waals surface area contributed by atoms with Crippen LogP contribution in [-0.4, -0.2) is 5.97 Å². The average molecular weight is 433 g/mol. The minimum atomic E-state index is -0.291. The highest BCUT2D eigenvalue weighted by molar-refractivity contribution is 5.91. The Balaban J connectivity index is 1.46. The molecule has 0 heterocycles. The van der Waals surface area contributed by atoms with E-state index in [0.717, 1.165) is 18.8 Å². The normalized spacial score (nSPS) is 15.9. The summed E-state index contributed by atoms with van der Waals surface area (Å²) in [7, 11) is 0. The molecule has 0 saturated carbocycles. The molecule has 32 heavy (non-hydrogen) atoms. The highest BCUT2D eigenvalue weighted by Crippen LogP contribution is 2.32. The first kappa shape index (κ1) is 24.3. The van der Waals surface area contributed by atoms with E-state index in [0.29, 0.717) is 11.3 Å². The zero-order chi connectivity index (χ0) is 22.6. The molecule has 0 aromatic heterocycles. The van der Waals surface area contributed by atoms with Crippen LogP contribution in [0.5, 0.6) is 5.75 Å². The smallest absolute Gasteiger partial charge is 0.343 e. The van der Waals surface area contributed by atoms with Crippen molar-refractivity contribution in [3.05, 3.63) is 71.3 Å². The molecule has 0 radical (unpaired) electrons. The van der Waals surface area contributed by atoms with Crippen LogP contribution in [0.2, 0.25) is 0 Å². The molecule has 0 amide bonds. The molecule has 2 aromatic rings. The Morgan fingerprint density at radius 2 is 1.59 bits per heavy atom. The molecule has 172 valence electrons. The van der Waals surface area contributed by atoms with Crippen LogP contribution in [-0.2, 0) is 6.42 Å². The highest BCUT2D eigenvalue weighted by Gasteiger charge is 2.15. The van der Waals surface area contributed by atoms with Gasteiger partial charge in [-0.3, -0.25) is 0 Å². The molecule has 0 fully saturated rings. The van der Waals surface area contributed by atoms with Crippen LogP contribution in [0.15, 0.2) is 54.6 Å². The lowest BCUT2D eigenvalue weighted by molar-refractivity contribution is 0.0734. The fourth-order valence-corrected chi connectivity index (χ4v) is 4.64. The number of benzene rings is 2. The summed E-state index contributed by atoms with van der Waals surface area (Å²) in [5.41, 5.74) is 4.56. The molecule has 0 N–H and O–H groups in total. The number of unbranched alkanes of at least 4 members (excludes halogenated alkanes) is 5. The Kier molecular flexibility index (Phi) is 10.1. The van der Waals surface area contributed by atoms with Gasteiger partial charge in [-0.05, 0) is 79.0 Å². The number of aryl methyl sites for hydroxylation is 1. The van der Waals surface area contributed by atoms with Crippen LogP contribution < -0.4 is 4.74 Å². The second-order valence-corrected chi connectivity index (χ2v) is 9.29. The van der Waals surface area contributed by atoms with Gasteiger partial charge in [0.2, 0.25) is 0 Å². The molecular formula is C30H40O2. The van der Waals surface area contributed by atoms with Crippen molar-refractivity contribution in [3.63, 3.8) is 0 Å². The van der Waals surface area contributed by atoms with Crippen LogP contribution in [0.25, 0.3) is 5.57 Å². The number of hydrogen-bond donors (Lipinski definition) is 0. The van der Waals surface area contributed by atoms with E-state index in [2.05, 4.69) is 44.2 Å². The van der Waals surface area contributed by atoms with Crippen LogP contribution in [0.4, 0.5) is 0 Å². The number of ether oxygens (including phenoxy) is 1. The third-order valence-corrected chi connectivity index (χ3v) is 6.66. The predicted molar refractivity (Wildman–Crippen MR) is 135 cm³/mol. The van der Waals surface area contributed by atoms with Crippen molar-refractivity contribution in [2.45, 2.75) is 90.9 Å². The lowest BCUT2D eigenvalue weighted by atomic mass is 9.84. The maximum Gasteiger partial charge on any atom is 0.343 e. The quantitative estimate of drug-likeness (QED) is 0.190. The Hall–Kier alpha value is -2.35. The summed E-state index contributed by atoms with van der Waals surface area (Å²) in [5, 5.41) is 0. The van der Waals surface area contributed by atoms with Crippen LogP contribution in [0.1, 0.15) is 106 Å². The third kappa shape index (κ3) is 7.65. The summed E-state index contributed by atoms with van der Waals surface area (Å²) in [6.45, 7) is 4.52. The minimum absolute atomic E-state index is 0.291. The Morgan fingerprint density at radius 1 is 0.875 bits per heavy atom. The minimum Gasteiger partial charge on any atom is -0.423 e. The summed E-state index contributed by atoms with van der Waals surface area (Å²) in [5.74, 6) is 1.17. The molecular weight excluding hydrogens is 392 g/mol. The molecule has 0 aliphatic heterocycles. The van der Waals surface area contributed by atoms with E-state index in [1.807, 2.05) is 24.3 Å². The van der Waals surface area contributed by atoms with Gasteiger partial charge in [0, 0.05) is 0 Å². The average Bonchev–Trinajstić information content (AvgIpc) is 2.83. The van der Waals surface area contributed by atoms with Gasteiger partial charge < -0.3 is 4.74 Å². The second kappa shape index (κ2) is 13.3. The van der Waals surface area contributed by atoms with Gasteiger partial charge in [0.25, 0.3) is 0 Å². The molecule has 1 atom stereocenters. The van der Waals surface area contributed by atoms with Crippen LogP contribution in [0.3, 0.4) is 0 Å². The Bertz CT molecular complexity index is 845. The fraction of sp³-hybridized carbons (Fsp3) is 0.500. The third-order valence-electron chi connectivity index (χ3n) is 6.66. The first-order valence-electron chi connectivity index (χ1n) is 12.8. The molecule has 0 bridgehead atoms. The van der Waals surface area contributed by atoms with E-state index in [-0.39, 0.29) is 5.97 Å². The van der Waals surface area contributed by atoms with Crippen molar-refractivity contribution in [2.75, 3.05) is 0 Å². The summed E-state index contributed by atoms with van der Waals surface area (Å²) < 4.78 is 5.60. The first-order valence-corrected chi connectivity index (χ1v) is 12.8. The van der Waals surface area contributed by atoms with Gasteiger partial charge in [0.15, 0.2) is 0 Å². The Labute approximate surface area is 195 Å². The van der Waals surface area contributed by atoms with Crippen molar-refractivity contribution in [1.29, 1.82) is 0 Å². The van der Waals surface area contributed by atoms with Gasteiger partial charge in [-0.1, -0.05) is 89.1 Å². The standard InChI is InChI=1S/C30H40O2/c1-3-5-6-7-8-9-11-25-14-22-29(23-15-25)32-30(31)28-20-18-27(19-21-28)26-16-12-24(10-4-2)13-17-26/h14-16,18-24H,3-13,17H2,1-2H3. The number of rotatable bonds is 12. The molecule has 0 spiro atoms. The summed E-state index contributed by atoms with van der Waals surface area (Å²) in [6, 6.07) is 15.9. The van der Waals surface area contributed by atoms with Crippen molar-refractivity contribution in [1.82, 2.24) is 0 Å². The molecule has 1 aliphatic rings. The molecule has 2 aromatic carbocycles. The topological polar surface area (TPSA) is 26.3 Å². The lowest BCUT2D eigenvalue weighted by Crippen LogP contribution is -2.09. The summed E-state index contributed by atoms with van der Waals surface area (Å²) >= 11 is 0. The van der Waals surface area contributed by atoms with E-state index in [4.69, 9.17) is 4.74 Å². The number of hydrogen-bond acceptors (Lipinski definition) is 2. The first-order chi connectivity index (χ1) is 15.7. The number of allylic oxidation sites excluding steroid dienone is 2. The van der Waals surface area contributed by atoms with Crippen LogP contribution in [0, 0.1) is 5.92 Å². The lowest BCUT2D eigenvalue weighted by Gasteiger charge is -2.21. The van der Waals surface area contributed by atoms with Gasteiger partial charge in [0.1, 0.15) is 5.75 Å².